The Morgan fingerprint density at radius 3 is 2.96 bits per heavy atom. The van der Waals surface area contributed by atoms with Crippen LogP contribution in [0.3, 0.4) is 0 Å². The monoisotopic (exact) mass is 357 g/mol. The van der Waals surface area contributed by atoms with Crippen molar-refractivity contribution in [1.82, 2.24) is 9.97 Å². The second kappa shape index (κ2) is 6.71. The molecule has 0 spiro atoms. The van der Waals surface area contributed by atoms with Gasteiger partial charge < -0.3 is 14.6 Å². The Kier molecular flexibility index (Phi) is 4.06. The highest BCUT2D eigenvalue weighted by Gasteiger charge is 2.27. The molecule has 1 saturated heterocycles. The highest BCUT2D eigenvalue weighted by atomic mass is 16.5. The lowest BCUT2D eigenvalue weighted by atomic mass is 10.0. The Morgan fingerprint density at radius 2 is 2.04 bits per heavy atom. The molecule has 5 rings (SSSR count). The Labute approximate surface area is 158 Å². The number of nitrogens with one attached hydrogen (secondary N) is 1. The Hall–Kier alpha value is -2.85. The van der Waals surface area contributed by atoms with Gasteiger partial charge in [0, 0.05) is 41.7 Å². The number of methoxy groups -OCH3 is 1. The summed E-state index contributed by atoms with van der Waals surface area (Å²) in [6.07, 6.45) is 4.34. The largest absolute Gasteiger partial charge is 0.383 e. The van der Waals surface area contributed by atoms with Crippen molar-refractivity contribution in [3.63, 3.8) is 0 Å². The first-order chi connectivity index (χ1) is 13.3. The van der Waals surface area contributed by atoms with Gasteiger partial charge in [-0.25, -0.2) is 4.98 Å². The van der Waals surface area contributed by atoms with E-state index in [9.17, 15) is 0 Å². The van der Waals surface area contributed by atoms with Crippen molar-refractivity contribution in [2.45, 2.75) is 18.9 Å². The molecule has 0 saturated carbocycles. The van der Waals surface area contributed by atoms with Crippen molar-refractivity contribution in [2.75, 3.05) is 25.2 Å². The van der Waals surface area contributed by atoms with Gasteiger partial charge in [0.2, 0.25) is 0 Å². The maximum atomic E-state index is 5.49. The van der Waals surface area contributed by atoms with E-state index in [0.717, 1.165) is 41.9 Å². The van der Waals surface area contributed by atoms with Crippen LogP contribution >= 0.6 is 0 Å². The molecule has 2 aromatic carbocycles. The Bertz CT molecular complexity index is 1100. The van der Waals surface area contributed by atoms with Crippen molar-refractivity contribution in [3.05, 3.63) is 60.8 Å². The maximum absolute atomic E-state index is 5.49. The summed E-state index contributed by atoms with van der Waals surface area (Å²) in [5, 5.41) is 2.39. The summed E-state index contributed by atoms with van der Waals surface area (Å²) in [6.45, 7) is 1.80. The predicted molar refractivity (Wildman–Crippen MR) is 111 cm³/mol. The SMILES string of the molecule is COC[C@H]1CCCN1c1cc2ccccc2nc1-c1ccc2[nH]ccc2c1. The standard InChI is InChI=1S/C23H23N3O/c1-27-15-19-6-4-12-26(19)22-14-16-5-2-3-7-21(16)25-23(22)18-8-9-20-17(13-18)10-11-24-20/h2-3,5,7-11,13-14,19,24H,4,6,12,15H2,1H3/t19-/m1/s1. The highest BCUT2D eigenvalue weighted by molar-refractivity contribution is 5.92. The number of ether oxygens (including phenoxy) is 1. The van der Waals surface area contributed by atoms with Crippen molar-refractivity contribution in [3.8, 4) is 11.3 Å². The molecule has 0 aliphatic carbocycles. The summed E-state index contributed by atoms with van der Waals surface area (Å²) in [5.74, 6) is 0. The van der Waals surface area contributed by atoms with Crippen LogP contribution in [-0.4, -0.2) is 36.3 Å². The third-order valence-electron chi connectivity index (χ3n) is 5.58. The van der Waals surface area contributed by atoms with E-state index in [1.807, 2.05) is 6.20 Å². The number of nitrogens with zero attached hydrogens (tertiary/aromatic N) is 2. The molecule has 27 heavy (non-hydrogen) atoms. The molecule has 1 aliphatic rings. The van der Waals surface area contributed by atoms with Crippen LogP contribution in [-0.2, 0) is 4.74 Å². The van der Waals surface area contributed by atoms with Gasteiger partial charge in [-0.1, -0.05) is 24.3 Å². The van der Waals surface area contributed by atoms with Crippen LogP contribution in [0.15, 0.2) is 60.8 Å². The van der Waals surface area contributed by atoms with Crippen molar-refractivity contribution in [1.29, 1.82) is 0 Å². The first-order valence-electron chi connectivity index (χ1n) is 9.56. The lowest BCUT2D eigenvalue weighted by molar-refractivity contribution is 0.181. The zero-order chi connectivity index (χ0) is 18.2. The molecule has 0 unspecified atom stereocenters. The third kappa shape index (κ3) is 2.86. The first-order valence-corrected chi connectivity index (χ1v) is 9.56. The van der Waals surface area contributed by atoms with Gasteiger partial charge in [-0.2, -0.15) is 0 Å². The number of fused-ring (bicyclic) bond motifs is 2. The van der Waals surface area contributed by atoms with Gasteiger partial charge in [-0.05, 0) is 43.2 Å². The summed E-state index contributed by atoms with van der Waals surface area (Å²) in [4.78, 5) is 10.8. The average Bonchev–Trinajstić information content (AvgIpc) is 3.36. The predicted octanol–water partition coefficient (Wildman–Crippen LogP) is 5.00. The zero-order valence-corrected chi connectivity index (χ0v) is 15.5. The van der Waals surface area contributed by atoms with Crippen LogP contribution in [0.5, 0.6) is 0 Å². The molecule has 4 aromatic rings. The fraction of sp³-hybridized carbons (Fsp3) is 0.261. The van der Waals surface area contributed by atoms with Gasteiger partial charge in [0.1, 0.15) is 0 Å². The van der Waals surface area contributed by atoms with Crippen LogP contribution < -0.4 is 4.90 Å². The van der Waals surface area contributed by atoms with Gasteiger partial charge in [0.25, 0.3) is 0 Å². The molecule has 0 bridgehead atoms. The van der Waals surface area contributed by atoms with E-state index >= 15 is 0 Å². The molecule has 136 valence electrons. The van der Waals surface area contributed by atoms with Crippen molar-refractivity contribution in [2.24, 2.45) is 0 Å². The van der Waals surface area contributed by atoms with Gasteiger partial charge >= 0.3 is 0 Å². The number of H-pyrrole nitrogens is 1. The molecule has 1 aliphatic heterocycles. The number of pyridine rings is 1. The summed E-state index contributed by atoms with van der Waals surface area (Å²) in [6, 6.07) is 19.7. The fourth-order valence-electron chi connectivity index (χ4n) is 4.26. The van der Waals surface area contributed by atoms with Crippen LogP contribution in [0.1, 0.15) is 12.8 Å². The minimum atomic E-state index is 0.410. The molecule has 1 N–H and O–H groups in total. The topological polar surface area (TPSA) is 41.1 Å². The first kappa shape index (κ1) is 16.3. The van der Waals surface area contributed by atoms with Gasteiger partial charge in [-0.3, -0.25) is 0 Å². The normalized spacial score (nSPS) is 17.2. The lowest BCUT2D eigenvalue weighted by Gasteiger charge is -2.28. The van der Waals surface area contributed by atoms with E-state index in [4.69, 9.17) is 9.72 Å². The van der Waals surface area contributed by atoms with Crippen molar-refractivity contribution < 1.29 is 4.74 Å². The number of aromatic nitrogens is 2. The number of anilines is 1. The second-order valence-electron chi connectivity index (χ2n) is 7.27. The summed E-state index contributed by atoms with van der Waals surface area (Å²) < 4.78 is 5.49. The molecule has 4 heteroatoms. The average molecular weight is 357 g/mol. The molecule has 2 aromatic heterocycles. The fourth-order valence-corrected chi connectivity index (χ4v) is 4.26. The number of benzene rings is 2. The summed E-state index contributed by atoms with van der Waals surface area (Å²) >= 11 is 0. The molecular formula is C23H23N3O. The number of rotatable bonds is 4. The third-order valence-corrected chi connectivity index (χ3v) is 5.58. The van der Waals surface area contributed by atoms with E-state index in [1.165, 1.54) is 22.9 Å². The maximum Gasteiger partial charge on any atom is 0.0943 e. The molecule has 3 heterocycles. The smallest absolute Gasteiger partial charge is 0.0943 e. The molecule has 1 fully saturated rings. The summed E-state index contributed by atoms with van der Waals surface area (Å²) in [7, 11) is 1.79. The second-order valence-corrected chi connectivity index (χ2v) is 7.27. The zero-order valence-electron chi connectivity index (χ0n) is 15.5. The van der Waals surface area contributed by atoms with E-state index in [-0.39, 0.29) is 0 Å². The highest BCUT2D eigenvalue weighted by Crippen LogP contribution is 2.37. The van der Waals surface area contributed by atoms with Crippen LogP contribution in [0.25, 0.3) is 33.1 Å². The van der Waals surface area contributed by atoms with Crippen LogP contribution in [0, 0.1) is 0 Å². The van der Waals surface area contributed by atoms with E-state index in [0.29, 0.717) is 6.04 Å². The lowest BCUT2D eigenvalue weighted by Crippen LogP contribution is -2.33. The van der Waals surface area contributed by atoms with Gasteiger partial charge in [0.15, 0.2) is 0 Å². The molecule has 4 nitrogen and oxygen atoms in total. The van der Waals surface area contributed by atoms with Crippen LogP contribution in [0.4, 0.5) is 5.69 Å². The molecule has 0 radical (unpaired) electrons. The van der Waals surface area contributed by atoms with Gasteiger partial charge in [0.05, 0.1) is 29.5 Å². The molecule has 1 atom stereocenters. The van der Waals surface area contributed by atoms with Crippen LogP contribution in [0.2, 0.25) is 0 Å². The minimum Gasteiger partial charge on any atom is -0.383 e. The minimum absolute atomic E-state index is 0.410. The Morgan fingerprint density at radius 1 is 1.11 bits per heavy atom. The Balaban J connectivity index is 1.71. The summed E-state index contributed by atoms with van der Waals surface area (Å²) in [5.41, 5.74) is 5.61. The van der Waals surface area contributed by atoms with E-state index < -0.39 is 0 Å². The number of hydrogen-bond donors (Lipinski definition) is 1. The quantitative estimate of drug-likeness (QED) is 0.559. The molecular weight excluding hydrogens is 334 g/mol. The van der Waals surface area contributed by atoms with E-state index in [2.05, 4.69) is 64.5 Å². The number of hydrogen-bond acceptors (Lipinski definition) is 3. The van der Waals surface area contributed by atoms with Gasteiger partial charge in [-0.15, -0.1) is 0 Å². The number of aromatic amines is 1. The molecule has 0 amide bonds. The van der Waals surface area contributed by atoms with E-state index in [1.54, 1.807) is 7.11 Å². The van der Waals surface area contributed by atoms with Crippen molar-refractivity contribution >= 4 is 27.5 Å². The number of para-hydroxylation sites is 1.